The Labute approximate surface area is 152 Å². The number of carbonyl (C=O) groups excluding carboxylic acids is 1. The minimum Gasteiger partial charge on any atom is -0.436 e. The summed E-state index contributed by atoms with van der Waals surface area (Å²) >= 11 is 5.98. The molecule has 1 amide bonds. The number of hydrogen-bond acceptors (Lipinski definition) is 4. The molecule has 26 heavy (non-hydrogen) atoms. The number of benzene rings is 2. The van der Waals surface area contributed by atoms with Gasteiger partial charge in [-0.05, 0) is 36.4 Å². The lowest BCUT2D eigenvalue weighted by molar-refractivity contribution is 0.102. The van der Waals surface area contributed by atoms with Crippen LogP contribution in [-0.4, -0.2) is 15.9 Å². The summed E-state index contributed by atoms with van der Waals surface area (Å²) in [7, 11) is 0. The molecule has 0 aliphatic carbocycles. The van der Waals surface area contributed by atoms with Crippen LogP contribution >= 0.6 is 11.6 Å². The number of oxazole rings is 1. The van der Waals surface area contributed by atoms with E-state index in [2.05, 4.69) is 15.3 Å². The highest BCUT2D eigenvalue weighted by atomic mass is 35.5. The molecule has 0 atom stereocenters. The van der Waals surface area contributed by atoms with Crippen molar-refractivity contribution in [2.24, 2.45) is 0 Å². The van der Waals surface area contributed by atoms with Gasteiger partial charge in [0.1, 0.15) is 11.3 Å². The molecule has 0 saturated heterocycles. The van der Waals surface area contributed by atoms with Crippen LogP contribution in [0.15, 0.2) is 65.3 Å². The third kappa shape index (κ3) is 3.02. The van der Waals surface area contributed by atoms with Gasteiger partial charge in [-0.1, -0.05) is 23.7 Å². The van der Waals surface area contributed by atoms with Gasteiger partial charge in [0, 0.05) is 18.0 Å². The first-order valence-electron chi connectivity index (χ1n) is 7.68. The molecular weight excluding hydrogens is 357 g/mol. The molecule has 4 rings (SSSR count). The molecule has 0 saturated carbocycles. The van der Waals surface area contributed by atoms with Crippen LogP contribution in [0.5, 0.6) is 0 Å². The number of aromatic nitrogens is 2. The number of anilines is 1. The number of hydrogen-bond donors (Lipinski definition) is 1. The quantitative estimate of drug-likeness (QED) is 0.557. The summed E-state index contributed by atoms with van der Waals surface area (Å²) in [4.78, 5) is 20.6. The fraction of sp³-hybridized carbons (Fsp3) is 0. The summed E-state index contributed by atoms with van der Waals surface area (Å²) in [5, 5.41) is 2.73. The number of nitrogens with one attached hydrogen (secondary N) is 1. The van der Waals surface area contributed by atoms with E-state index in [0.717, 1.165) is 0 Å². The standard InChI is InChI=1S/C19H11ClFN3O2/c20-13-7-8-22-10-12(13)18(25)23-16-9-11(5-6-14(16)21)19-24-15-3-1-2-4-17(15)26-19/h1-10H,(H,23,25). The van der Waals surface area contributed by atoms with Gasteiger partial charge >= 0.3 is 0 Å². The molecule has 0 spiro atoms. The maximum atomic E-state index is 14.2. The number of carbonyl (C=O) groups is 1. The van der Waals surface area contributed by atoms with Gasteiger partial charge in [-0.15, -0.1) is 0 Å². The first-order chi connectivity index (χ1) is 12.6. The van der Waals surface area contributed by atoms with Crippen molar-refractivity contribution in [2.45, 2.75) is 0 Å². The van der Waals surface area contributed by atoms with Gasteiger partial charge < -0.3 is 9.73 Å². The van der Waals surface area contributed by atoms with E-state index in [1.807, 2.05) is 18.2 Å². The molecule has 0 unspecified atom stereocenters. The Balaban J connectivity index is 1.68. The highest BCUT2D eigenvalue weighted by Gasteiger charge is 2.15. The minimum absolute atomic E-state index is 0.00493. The Kier molecular flexibility index (Phi) is 4.10. The molecule has 0 aliphatic rings. The van der Waals surface area contributed by atoms with Crippen molar-refractivity contribution in [3.05, 3.63) is 77.3 Å². The van der Waals surface area contributed by atoms with Crippen LogP contribution in [0.25, 0.3) is 22.6 Å². The normalized spacial score (nSPS) is 10.8. The zero-order valence-corrected chi connectivity index (χ0v) is 14.0. The minimum atomic E-state index is -0.585. The second kappa shape index (κ2) is 6.57. The third-order valence-corrected chi connectivity index (χ3v) is 4.10. The van der Waals surface area contributed by atoms with E-state index in [9.17, 15) is 9.18 Å². The summed E-state index contributed by atoms with van der Waals surface area (Å²) in [5.41, 5.74) is 2.00. The fourth-order valence-electron chi connectivity index (χ4n) is 2.48. The van der Waals surface area contributed by atoms with Crippen molar-refractivity contribution in [2.75, 3.05) is 5.32 Å². The molecule has 1 N–H and O–H groups in total. The van der Waals surface area contributed by atoms with Crippen LogP contribution in [0.2, 0.25) is 5.02 Å². The Morgan fingerprint density at radius 2 is 2.00 bits per heavy atom. The predicted molar refractivity (Wildman–Crippen MR) is 96.6 cm³/mol. The van der Waals surface area contributed by atoms with Gasteiger partial charge in [-0.2, -0.15) is 0 Å². The lowest BCUT2D eigenvalue weighted by Crippen LogP contribution is -2.14. The number of pyridine rings is 1. The van der Waals surface area contributed by atoms with E-state index in [-0.39, 0.29) is 16.3 Å². The van der Waals surface area contributed by atoms with Crippen LogP contribution < -0.4 is 5.32 Å². The largest absolute Gasteiger partial charge is 0.436 e. The average Bonchev–Trinajstić information content (AvgIpc) is 3.08. The molecule has 2 heterocycles. The van der Waals surface area contributed by atoms with Gasteiger partial charge in [0.25, 0.3) is 5.91 Å². The number of para-hydroxylation sites is 2. The van der Waals surface area contributed by atoms with Crippen molar-refractivity contribution in [1.29, 1.82) is 0 Å². The topological polar surface area (TPSA) is 68.0 Å². The van der Waals surface area contributed by atoms with Crippen LogP contribution in [0.1, 0.15) is 10.4 Å². The average molecular weight is 368 g/mol. The van der Waals surface area contributed by atoms with Crippen LogP contribution in [0.4, 0.5) is 10.1 Å². The van der Waals surface area contributed by atoms with E-state index < -0.39 is 11.7 Å². The van der Waals surface area contributed by atoms with E-state index in [1.165, 1.54) is 36.7 Å². The maximum absolute atomic E-state index is 14.2. The summed E-state index contributed by atoms with van der Waals surface area (Å²) in [6, 6.07) is 13.0. The molecule has 0 aliphatic heterocycles. The van der Waals surface area contributed by atoms with Gasteiger partial charge in [-0.25, -0.2) is 9.37 Å². The van der Waals surface area contributed by atoms with E-state index in [4.69, 9.17) is 16.0 Å². The first-order valence-corrected chi connectivity index (χ1v) is 8.06. The van der Waals surface area contributed by atoms with Gasteiger partial charge in [0.15, 0.2) is 5.58 Å². The molecule has 5 nitrogen and oxygen atoms in total. The van der Waals surface area contributed by atoms with Gasteiger partial charge in [0.05, 0.1) is 16.3 Å². The number of fused-ring (bicyclic) bond motifs is 1. The molecular formula is C19H11ClFN3O2. The molecule has 0 bridgehead atoms. The zero-order chi connectivity index (χ0) is 18.1. The maximum Gasteiger partial charge on any atom is 0.258 e. The Morgan fingerprint density at radius 3 is 2.81 bits per heavy atom. The van der Waals surface area contributed by atoms with E-state index in [1.54, 1.807) is 6.07 Å². The van der Waals surface area contributed by atoms with Crippen molar-refractivity contribution >= 4 is 34.3 Å². The monoisotopic (exact) mass is 367 g/mol. The highest BCUT2D eigenvalue weighted by Crippen LogP contribution is 2.28. The molecule has 0 fully saturated rings. The van der Waals surface area contributed by atoms with Crippen molar-refractivity contribution in [3.8, 4) is 11.5 Å². The second-order valence-electron chi connectivity index (χ2n) is 5.49. The van der Waals surface area contributed by atoms with Gasteiger partial charge in [-0.3, -0.25) is 9.78 Å². The molecule has 0 radical (unpaired) electrons. The van der Waals surface area contributed by atoms with Crippen molar-refractivity contribution in [3.63, 3.8) is 0 Å². The van der Waals surface area contributed by atoms with E-state index in [0.29, 0.717) is 22.6 Å². The second-order valence-corrected chi connectivity index (χ2v) is 5.90. The number of halogens is 2. The van der Waals surface area contributed by atoms with E-state index >= 15 is 0 Å². The lowest BCUT2D eigenvalue weighted by atomic mass is 10.1. The molecule has 128 valence electrons. The summed E-state index contributed by atoms with van der Waals surface area (Å²) in [5.74, 6) is -0.809. The molecule has 2 aromatic carbocycles. The molecule has 4 aromatic rings. The lowest BCUT2D eigenvalue weighted by Gasteiger charge is -2.08. The Hall–Kier alpha value is -3.25. The Bertz CT molecular complexity index is 1090. The third-order valence-electron chi connectivity index (χ3n) is 3.77. The number of nitrogens with zero attached hydrogens (tertiary/aromatic N) is 2. The van der Waals surface area contributed by atoms with Crippen LogP contribution in [-0.2, 0) is 0 Å². The van der Waals surface area contributed by atoms with Crippen LogP contribution in [0, 0.1) is 5.82 Å². The summed E-state index contributed by atoms with van der Waals surface area (Å²) < 4.78 is 19.8. The summed E-state index contributed by atoms with van der Waals surface area (Å²) in [6.45, 7) is 0. The smallest absolute Gasteiger partial charge is 0.258 e. The van der Waals surface area contributed by atoms with Gasteiger partial charge in [0.2, 0.25) is 5.89 Å². The zero-order valence-electron chi connectivity index (χ0n) is 13.2. The SMILES string of the molecule is O=C(Nc1cc(-c2nc3ccccc3o2)ccc1F)c1cnccc1Cl. The van der Waals surface area contributed by atoms with Crippen LogP contribution in [0.3, 0.4) is 0 Å². The van der Waals surface area contributed by atoms with Crippen molar-refractivity contribution < 1.29 is 13.6 Å². The molecule has 2 aromatic heterocycles. The fourth-order valence-corrected chi connectivity index (χ4v) is 2.67. The first kappa shape index (κ1) is 16.2. The summed E-state index contributed by atoms with van der Waals surface area (Å²) in [6.07, 6.45) is 2.79. The van der Waals surface area contributed by atoms with Crippen molar-refractivity contribution in [1.82, 2.24) is 9.97 Å². The number of rotatable bonds is 3. The highest BCUT2D eigenvalue weighted by molar-refractivity contribution is 6.34. The molecule has 7 heteroatoms. The number of amides is 1. The predicted octanol–water partition coefficient (Wildman–Crippen LogP) is 4.93. The Morgan fingerprint density at radius 1 is 1.15 bits per heavy atom.